The van der Waals surface area contributed by atoms with Gasteiger partial charge in [0.05, 0.1) is 13.3 Å². The summed E-state index contributed by atoms with van der Waals surface area (Å²) in [5, 5.41) is 10.8. The summed E-state index contributed by atoms with van der Waals surface area (Å²) in [6.45, 7) is 0. The molecule has 1 aliphatic carbocycles. The maximum atomic E-state index is 11.4. The fourth-order valence-corrected chi connectivity index (χ4v) is 3.64. The molecule has 1 fully saturated rings. The molecule has 0 amide bonds. The molecule has 20 heavy (non-hydrogen) atoms. The molecule has 3 N–H and O–H groups in total. The first-order valence-electron chi connectivity index (χ1n) is 7.09. The number of esters is 1. The van der Waals surface area contributed by atoms with E-state index in [9.17, 15) is 9.90 Å². The van der Waals surface area contributed by atoms with Crippen LogP contribution in [-0.4, -0.2) is 29.2 Å². The van der Waals surface area contributed by atoms with Gasteiger partial charge in [-0.1, -0.05) is 32.1 Å². The van der Waals surface area contributed by atoms with Crippen molar-refractivity contribution in [2.75, 3.05) is 7.11 Å². The van der Waals surface area contributed by atoms with E-state index in [1.54, 1.807) is 0 Å². The maximum Gasteiger partial charge on any atom is 0.349 e. The number of nitrogens with two attached hydrogens (primary N) is 1. The Balaban J connectivity index is 1.93. The van der Waals surface area contributed by atoms with Crippen LogP contribution in [0.25, 0.3) is 0 Å². The van der Waals surface area contributed by atoms with E-state index >= 15 is 0 Å². The third kappa shape index (κ3) is 3.77. The van der Waals surface area contributed by atoms with Gasteiger partial charge in [-0.15, -0.1) is 11.3 Å². The monoisotopic (exact) mass is 298 g/mol. The Morgan fingerprint density at radius 3 is 2.90 bits per heavy atom. The number of aliphatic hydroxyl groups is 1. The summed E-state index contributed by atoms with van der Waals surface area (Å²) in [7, 11) is 1.33. The number of hydrogen-bond acceptors (Lipinski definition) is 6. The molecule has 0 aliphatic heterocycles. The molecule has 2 atom stereocenters. The number of hydrogen-bond donors (Lipinski definition) is 2. The minimum Gasteiger partial charge on any atom is -0.465 e. The highest BCUT2D eigenvalue weighted by Gasteiger charge is 2.25. The van der Waals surface area contributed by atoms with Crippen molar-refractivity contribution in [3.63, 3.8) is 0 Å². The minimum absolute atomic E-state index is 0.324. The van der Waals surface area contributed by atoms with Gasteiger partial charge in [0.2, 0.25) is 0 Å². The second-order valence-corrected chi connectivity index (χ2v) is 6.46. The molecule has 6 heteroatoms. The molecule has 0 bridgehead atoms. The highest BCUT2D eigenvalue weighted by atomic mass is 32.1. The topological polar surface area (TPSA) is 85.4 Å². The van der Waals surface area contributed by atoms with Crippen LogP contribution in [0.4, 0.5) is 0 Å². The van der Waals surface area contributed by atoms with Gasteiger partial charge in [0.15, 0.2) is 0 Å². The SMILES string of the molecule is COC(=O)c1cnc(C(O)C(N)CC2CCCCC2)s1. The van der Waals surface area contributed by atoms with Gasteiger partial charge in [-0.05, 0) is 12.3 Å². The molecule has 1 aromatic heterocycles. The normalized spacial score (nSPS) is 19.6. The van der Waals surface area contributed by atoms with Crippen molar-refractivity contribution < 1.29 is 14.6 Å². The van der Waals surface area contributed by atoms with Crippen LogP contribution in [0.2, 0.25) is 0 Å². The zero-order valence-corrected chi connectivity index (χ0v) is 12.6. The van der Waals surface area contributed by atoms with Crippen LogP contribution >= 0.6 is 11.3 Å². The Morgan fingerprint density at radius 2 is 2.25 bits per heavy atom. The number of nitrogens with zero attached hydrogens (tertiary/aromatic N) is 1. The van der Waals surface area contributed by atoms with E-state index in [1.807, 2.05) is 0 Å². The highest BCUT2D eigenvalue weighted by molar-refractivity contribution is 7.13. The Morgan fingerprint density at radius 1 is 1.55 bits per heavy atom. The second kappa shape index (κ2) is 7.15. The van der Waals surface area contributed by atoms with E-state index in [-0.39, 0.29) is 6.04 Å². The van der Waals surface area contributed by atoms with Crippen LogP contribution in [0.3, 0.4) is 0 Å². The van der Waals surface area contributed by atoms with Crippen LogP contribution in [0.15, 0.2) is 6.20 Å². The van der Waals surface area contributed by atoms with Gasteiger partial charge in [0.25, 0.3) is 0 Å². The van der Waals surface area contributed by atoms with Gasteiger partial charge in [0.1, 0.15) is 16.0 Å². The molecule has 112 valence electrons. The summed E-state index contributed by atoms with van der Waals surface area (Å²) in [5.74, 6) is 0.176. The fourth-order valence-electron chi connectivity index (χ4n) is 2.74. The van der Waals surface area contributed by atoms with Crippen molar-refractivity contribution >= 4 is 17.3 Å². The third-order valence-corrected chi connectivity index (χ3v) is 4.95. The van der Waals surface area contributed by atoms with Crippen LogP contribution in [0.1, 0.15) is 59.3 Å². The number of carbonyl (C=O) groups is 1. The Labute approximate surface area is 123 Å². The predicted molar refractivity (Wildman–Crippen MR) is 77.6 cm³/mol. The summed E-state index contributed by atoms with van der Waals surface area (Å²) in [6.07, 6.45) is 7.67. The van der Waals surface area contributed by atoms with Crippen molar-refractivity contribution in [3.05, 3.63) is 16.1 Å². The molecule has 2 rings (SSSR count). The smallest absolute Gasteiger partial charge is 0.349 e. The Kier molecular flexibility index (Phi) is 5.51. The van der Waals surface area contributed by atoms with Crippen molar-refractivity contribution in [1.82, 2.24) is 4.98 Å². The summed E-state index contributed by atoms with van der Waals surface area (Å²) in [6, 6.07) is -0.324. The molecular formula is C14H22N2O3S. The van der Waals surface area contributed by atoms with Crippen molar-refractivity contribution in [1.29, 1.82) is 0 Å². The molecule has 0 aromatic carbocycles. The number of ether oxygens (including phenoxy) is 1. The average Bonchev–Trinajstić information content (AvgIpc) is 2.96. The van der Waals surface area contributed by atoms with Gasteiger partial charge >= 0.3 is 5.97 Å². The molecule has 0 spiro atoms. The van der Waals surface area contributed by atoms with Crippen molar-refractivity contribution in [2.24, 2.45) is 11.7 Å². The number of thiazole rings is 1. The largest absolute Gasteiger partial charge is 0.465 e. The van der Waals surface area contributed by atoms with Gasteiger partial charge in [-0.25, -0.2) is 9.78 Å². The van der Waals surface area contributed by atoms with E-state index in [0.717, 1.165) is 17.8 Å². The lowest BCUT2D eigenvalue weighted by atomic mass is 9.84. The lowest BCUT2D eigenvalue weighted by molar-refractivity contribution is 0.0606. The van der Waals surface area contributed by atoms with Crippen LogP contribution < -0.4 is 5.73 Å². The molecule has 1 saturated carbocycles. The third-order valence-electron chi connectivity index (χ3n) is 3.90. The fraction of sp³-hybridized carbons (Fsp3) is 0.714. The lowest BCUT2D eigenvalue weighted by Crippen LogP contribution is -2.31. The zero-order chi connectivity index (χ0) is 14.5. The minimum atomic E-state index is -0.805. The van der Waals surface area contributed by atoms with E-state index in [4.69, 9.17) is 5.73 Å². The average molecular weight is 298 g/mol. The Bertz CT molecular complexity index is 443. The molecular weight excluding hydrogens is 276 g/mol. The van der Waals surface area contributed by atoms with E-state index in [2.05, 4.69) is 9.72 Å². The second-order valence-electron chi connectivity index (χ2n) is 5.40. The predicted octanol–water partition coefficient (Wildman–Crippen LogP) is 2.26. The lowest BCUT2D eigenvalue weighted by Gasteiger charge is -2.26. The van der Waals surface area contributed by atoms with E-state index in [1.165, 1.54) is 45.4 Å². The molecule has 1 aliphatic rings. The zero-order valence-electron chi connectivity index (χ0n) is 11.7. The number of aliphatic hydroxyl groups excluding tert-OH is 1. The molecule has 0 saturated heterocycles. The number of carbonyl (C=O) groups excluding carboxylic acids is 1. The first-order valence-corrected chi connectivity index (χ1v) is 7.91. The van der Waals surface area contributed by atoms with E-state index < -0.39 is 12.1 Å². The summed E-state index contributed by atoms with van der Waals surface area (Å²) in [5.41, 5.74) is 6.10. The first-order chi connectivity index (χ1) is 9.61. The summed E-state index contributed by atoms with van der Waals surface area (Å²) >= 11 is 1.15. The molecule has 5 nitrogen and oxygen atoms in total. The summed E-state index contributed by atoms with van der Waals surface area (Å²) < 4.78 is 4.63. The first kappa shape index (κ1) is 15.4. The molecule has 1 aromatic rings. The van der Waals surface area contributed by atoms with E-state index in [0.29, 0.717) is 15.8 Å². The molecule has 2 unspecified atom stereocenters. The van der Waals surface area contributed by atoms with Crippen LogP contribution in [-0.2, 0) is 4.74 Å². The highest BCUT2D eigenvalue weighted by Crippen LogP contribution is 2.31. The maximum absolute atomic E-state index is 11.4. The van der Waals surface area contributed by atoms with Gasteiger partial charge in [-0.3, -0.25) is 0 Å². The molecule has 1 heterocycles. The number of aromatic nitrogens is 1. The van der Waals surface area contributed by atoms with Crippen LogP contribution in [0, 0.1) is 5.92 Å². The Hall–Kier alpha value is -0.980. The quantitative estimate of drug-likeness (QED) is 0.814. The van der Waals surface area contributed by atoms with Crippen molar-refractivity contribution in [3.8, 4) is 0 Å². The van der Waals surface area contributed by atoms with Crippen LogP contribution in [0.5, 0.6) is 0 Å². The standard InChI is InChI=1S/C14H22N2O3S/c1-19-14(18)11-8-16-13(20-11)12(17)10(15)7-9-5-3-2-4-6-9/h8-10,12,17H,2-7,15H2,1H3. The number of methoxy groups -OCH3 is 1. The van der Waals surface area contributed by atoms with Gasteiger partial charge in [0, 0.05) is 6.04 Å². The van der Waals surface area contributed by atoms with Crippen molar-refractivity contribution in [2.45, 2.75) is 50.7 Å². The van der Waals surface area contributed by atoms with Gasteiger partial charge < -0.3 is 15.6 Å². The van der Waals surface area contributed by atoms with Gasteiger partial charge in [-0.2, -0.15) is 0 Å². The molecule has 0 radical (unpaired) electrons. The summed E-state index contributed by atoms with van der Waals surface area (Å²) in [4.78, 5) is 15.9. The number of rotatable bonds is 5.